The average molecular weight is 665 g/mol. The maximum atomic E-state index is 13.6. The van der Waals surface area contributed by atoms with E-state index in [0.29, 0.717) is 58.6 Å². The molecule has 0 spiro atoms. The second-order valence-electron chi connectivity index (χ2n) is 14.2. The van der Waals surface area contributed by atoms with E-state index >= 15 is 0 Å². The van der Waals surface area contributed by atoms with Crippen LogP contribution >= 0.6 is 0 Å². The van der Waals surface area contributed by atoms with Crippen LogP contribution in [0.4, 0.5) is 22.7 Å². The topological polar surface area (TPSA) is 116 Å². The molecule has 0 radical (unpaired) electrons. The van der Waals surface area contributed by atoms with Gasteiger partial charge in [0.15, 0.2) is 0 Å². The Hall–Kier alpha value is -4.46. The summed E-state index contributed by atoms with van der Waals surface area (Å²) in [6.07, 6.45) is 15.1. The summed E-state index contributed by atoms with van der Waals surface area (Å²) < 4.78 is 0. The monoisotopic (exact) mass is 664 g/mol. The highest BCUT2D eigenvalue weighted by molar-refractivity contribution is 6.11. The Labute approximate surface area is 291 Å². The average Bonchev–Trinajstić information content (AvgIpc) is 3.10. The summed E-state index contributed by atoms with van der Waals surface area (Å²) in [5.41, 5.74) is 5.40. The van der Waals surface area contributed by atoms with Crippen molar-refractivity contribution in [3.63, 3.8) is 0 Å². The van der Waals surface area contributed by atoms with Gasteiger partial charge in [-0.2, -0.15) is 0 Å². The van der Waals surface area contributed by atoms with Gasteiger partial charge in [0.05, 0.1) is 11.4 Å². The number of anilines is 4. The van der Waals surface area contributed by atoms with Crippen LogP contribution in [0.1, 0.15) is 127 Å². The molecule has 0 bridgehead atoms. The van der Waals surface area contributed by atoms with Gasteiger partial charge in [0.25, 0.3) is 11.8 Å². The fourth-order valence-electron chi connectivity index (χ4n) is 7.21. The van der Waals surface area contributed by atoms with Crippen LogP contribution in [0.5, 0.6) is 0 Å². The van der Waals surface area contributed by atoms with Crippen molar-refractivity contribution in [2.24, 2.45) is 11.8 Å². The number of rotatable bonds is 12. The van der Waals surface area contributed by atoms with Crippen LogP contribution in [0, 0.1) is 32.6 Å². The number of carbonyl (C=O) groups excluding carboxylic acids is 4. The predicted molar refractivity (Wildman–Crippen MR) is 198 cm³/mol. The first-order valence-corrected chi connectivity index (χ1v) is 18.2. The van der Waals surface area contributed by atoms with Crippen LogP contribution in [0.15, 0.2) is 54.6 Å². The molecule has 0 saturated heterocycles. The molecule has 3 aromatic rings. The van der Waals surface area contributed by atoms with Crippen molar-refractivity contribution in [3.8, 4) is 0 Å². The van der Waals surface area contributed by atoms with Crippen LogP contribution in [-0.2, 0) is 9.59 Å². The first-order valence-electron chi connectivity index (χ1n) is 18.2. The lowest BCUT2D eigenvalue weighted by Gasteiger charge is -2.21. The van der Waals surface area contributed by atoms with E-state index in [-0.39, 0.29) is 23.6 Å². The fraction of sp³-hybridized carbons (Fsp3) is 0.463. The number of carbonyl (C=O) groups is 4. The number of nitrogens with one attached hydrogen (secondary N) is 4. The van der Waals surface area contributed by atoms with Crippen LogP contribution in [0.25, 0.3) is 0 Å². The molecule has 8 heteroatoms. The molecule has 0 aromatic heterocycles. The van der Waals surface area contributed by atoms with Crippen molar-refractivity contribution in [1.29, 1.82) is 0 Å². The summed E-state index contributed by atoms with van der Waals surface area (Å²) >= 11 is 0. The third-order valence-electron chi connectivity index (χ3n) is 10.2. The third kappa shape index (κ3) is 10.5. The van der Waals surface area contributed by atoms with Crippen molar-refractivity contribution in [2.75, 3.05) is 21.3 Å². The van der Waals surface area contributed by atoms with Gasteiger partial charge >= 0.3 is 0 Å². The normalized spacial score (nSPS) is 15.3. The Morgan fingerprint density at radius 1 is 0.531 bits per heavy atom. The number of hydrogen-bond donors (Lipinski definition) is 4. The molecule has 8 nitrogen and oxygen atoms in total. The maximum Gasteiger partial charge on any atom is 0.256 e. The number of amides is 4. The third-order valence-corrected chi connectivity index (χ3v) is 10.2. The molecule has 4 amide bonds. The summed E-state index contributed by atoms with van der Waals surface area (Å²) in [5, 5.41) is 11.9. The van der Waals surface area contributed by atoms with Crippen molar-refractivity contribution >= 4 is 46.4 Å². The van der Waals surface area contributed by atoms with Crippen molar-refractivity contribution in [2.45, 2.75) is 111 Å². The Balaban J connectivity index is 1.22. The predicted octanol–water partition coefficient (Wildman–Crippen LogP) is 9.71. The van der Waals surface area contributed by atoms with E-state index in [1.54, 1.807) is 18.2 Å². The molecule has 4 N–H and O–H groups in total. The molecular weight excluding hydrogens is 612 g/mol. The van der Waals surface area contributed by atoms with Gasteiger partial charge in [0, 0.05) is 35.3 Å². The van der Waals surface area contributed by atoms with Crippen molar-refractivity contribution in [1.82, 2.24) is 0 Å². The van der Waals surface area contributed by atoms with E-state index in [2.05, 4.69) is 21.3 Å². The molecule has 49 heavy (non-hydrogen) atoms. The highest BCUT2D eigenvalue weighted by atomic mass is 16.2. The van der Waals surface area contributed by atoms with Gasteiger partial charge in [-0.3, -0.25) is 19.2 Å². The lowest BCUT2D eigenvalue weighted by Crippen LogP contribution is -2.19. The van der Waals surface area contributed by atoms with Crippen LogP contribution in [0.2, 0.25) is 0 Å². The minimum atomic E-state index is -0.343. The van der Waals surface area contributed by atoms with E-state index in [9.17, 15) is 19.2 Å². The molecule has 2 fully saturated rings. The Kier molecular flexibility index (Phi) is 12.6. The van der Waals surface area contributed by atoms with Crippen molar-refractivity contribution < 1.29 is 19.2 Å². The van der Waals surface area contributed by atoms with Gasteiger partial charge in [-0.25, -0.2) is 0 Å². The van der Waals surface area contributed by atoms with E-state index in [0.717, 1.165) is 29.5 Å². The Morgan fingerprint density at radius 2 is 0.980 bits per heavy atom. The molecule has 3 aromatic carbocycles. The number of aryl methyl sites for hydroxylation is 3. The minimum Gasteiger partial charge on any atom is -0.326 e. The first-order chi connectivity index (χ1) is 23.6. The fourth-order valence-corrected chi connectivity index (χ4v) is 7.21. The molecule has 5 rings (SSSR count). The first kappa shape index (κ1) is 35.8. The molecule has 0 unspecified atom stereocenters. The lowest BCUT2D eigenvalue weighted by atomic mass is 9.86. The quantitative estimate of drug-likeness (QED) is 0.154. The molecule has 2 aliphatic rings. The Morgan fingerprint density at radius 3 is 1.45 bits per heavy atom. The van der Waals surface area contributed by atoms with E-state index in [4.69, 9.17) is 0 Å². The van der Waals surface area contributed by atoms with Crippen LogP contribution in [-0.4, -0.2) is 23.6 Å². The smallest absolute Gasteiger partial charge is 0.256 e. The standard InChI is InChI=1S/C41H52N4O4/c1-27-14-21-36(44-40(48)34-25-32(19-15-28(34)2)42-38(46)22-17-30-10-6-4-7-11-30)37(24-27)45-41(49)35-26-33(20-16-29(35)3)43-39(47)23-18-31-12-8-5-9-13-31/h14-16,19-21,24-26,30-31H,4-13,17-18,22-23H2,1-3H3,(H,42,46)(H,43,47)(H,44,48)(H,45,49). The summed E-state index contributed by atoms with van der Waals surface area (Å²) in [6.45, 7) is 5.62. The summed E-state index contributed by atoms with van der Waals surface area (Å²) in [6, 6.07) is 16.2. The van der Waals surface area contributed by atoms with Crippen molar-refractivity contribution in [3.05, 3.63) is 82.4 Å². The highest BCUT2D eigenvalue weighted by Crippen LogP contribution is 2.30. The summed E-state index contributed by atoms with van der Waals surface area (Å²) in [7, 11) is 0. The number of benzene rings is 3. The van der Waals surface area contributed by atoms with Gasteiger partial charge in [-0.05, 0) is 98.5 Å². The van der Waals surface area contributed by atoms with E-state index in [1.807, 2.05) is 57.2 Å². The van der Waals surface area contributed by atoms with E-state index in [1.165, 1.54) is 64.2 Å². The van der Waals surface area contributed by atoms with Gasteiger partial charge in [0.2, 0.25) is 11.8 Å². The maximum absolute atomic E-state index is 13.6. The number of hydrogen-bond acceptors (Lipinski definition) is 4. The largest absolute Gasteiger partial charge is 0.326 e. The lowest BCUT2D eigenvalue weighted by molar-refractivity contribution is -0.117. The molecule has 2 aliphatic carbocycles. The zero-order valence-corrected chi connectivity index (χ0v) is 29.4. The second-order valence-corrected chi connectivity index (χ2v) is 14.2. The molecule has 2 saturated carbocycles. The van der Waals surface area contributed by atoms with Crippen LogP contribution in [0.3, 0.4) is 0 Å². The zero-order valence-electron chi connectivity index (χ0n) is 29.4. The molecule has 260 valence electrons. The summed E-state index contributed by atoms with van der Waals surface area (Å²) in [5.74, 6) is 0.482. The van der Waals surface area contributed by atoms with Gasteiger partial charge in [-0.15, -0.1) is 0 Å². The molecule has 0 heterocycles. The van der Waals surface area contributed by atoms with Crippen LogP contribution < -0.4 is 21.3 Å². The molecule has 0 aliphatic heterocycles. The Bertz CT molecular complexity index is 1650. The minimum absolute atomic E-state index is 0.0390. The molecular formula is C41H52N4O4. The molecule has 0 atom stereocenters. The second kappa shape index (κ2) is 17.3. The SMILES string of the molecule is Cc1ccc(NC(=O)c2cc(NC(=O)CCC3CCCCC3)ccc2C)c(NC(=O)c2cc(NC(=O)CCC3CCCCC3)ccc2C)c1. The zero-order chi connectivity index (χ0) is 34.8. The van der Waals surface area contributed by atoms with Gasteiger partial charge < -0.3 is 21.3 Å². The van der Waals surface area contributed by atoms with Gasteiger partial charge in [0.1, 0.15) is 0 Å². The van der Waals surface area contributed by atoms with E-state index < -0.39 is 0 Å². The van der Waals surface area contributed by atoms with Gasteiger partial charge in [-0.1, -0.05) is 82.4 Å². The summed E-state index contributed by atoms with van der Waals surface area (Å²) in [4.78, 5) is 52.6. The highest BCUT2D eigenvalue weighted by Gasteiger charge is 2.19.